The molecule has 1 aromatic carbocycles. The van der Waals surface area contributed by atoms with Gasteiger partial charge in [-0.2, -0.15) is 4.98 Å². The van der Waals surface area contributed by atoms with Crippen LogP contribution < -0.4 is 16.6 Å². The molecule has 0 saturated carbocycles. The van der Waals surface area contributed by atoms with Crippen LogP contribution in [0, 0.1) is 5.82 Å². The third kappa shape index (κ3) is 5.09. The number of rotatable bonds is 9. The van der Waals surface area contributed by atoms with Crippen LogP contribution in [0.25, 0.3) is 11.0 Å². The highest BCUT2D eigenvalue weighted by Gasteiger charge is 2.23. The number of nitrogens with zero attached hydrogens (tertiary/aromatic N) is 1. The zero-order valence-corrected chi connectivity index (χ0v) is 16.6. The van der Waals surface area contributed by atoms with Crippen molar-refractivity contribution in [1.29, 1.82) is 0 Å². The number of nitrogens with one attached hydrogen (secondary N) is 3. The molecule has 2 heterocycles. The molecule has 3 aromatic rings. The van der Waals surface area contributed by atoms with Crippen LogP contribution in [0.3, 0.4) is 0 Å². The molecular formula is C20H20FN5O6. The average Bonchev–Trinajstić information content (AvgIpc) is 3.12. The second kappa shape index (κ2) is 9.29. The number of benzene rings is 1. The first-order valence-corrected chi connectivity index (χ1v) is 9.55. The second-order valence-electron chi connectivity index (χ2n) is 7.10. The quantitative estimate of drug-likeness (QED) is 0.278. The Kier molecular flexibility index (Phi) is 6.52. The highest BCUT2D eigenvalue weighted by Crippen LogP contribution is 2.17. The summed E-state index contributed by atoms with van der Waals surface area (Å²) in [5.41, 5.74) is 6.32. The van der Waals surface area contributed by atoms with E-state index >= 15 is 0 Å². The van der Waals surface area contributed by atoms with Gasteiger partial charge in [0, 0.05) is 12.6 Å². The number of halogens is 1. The molecule has 12 heteroatoms. The van der Waals surface area contributed by atoms with Gasteiger partial charge < -0.3 is 26.2 Å². The maximum atomic E-state index is 14.5. The lowest BCUT2D eigenvalue weighted by Crippen LogP contribution is -2.41. The Morgan fingerprint density at radius 2 is 1.97 bits per heavy atom. The Labute approximate surface area is 179 Å². The van der Waals surface area contributed by atoms with Gasteiger partial charge in [-0.15, -0.1) is 0 Å². The smallest absolute Gasteiger partial charge is 0.326 e. The number of carboxylic acid groups (broad SMARTS) is 2. The normalized spacial score (nSPS) is 11.9. The molecule has 32 heavy (non-hydrogen) atoms. The van der Waals surface area contributed by atoms with Gasteiger partial charge in [0.15, 0.2) is 0 Å². The summed E-state index contributed by atoms with van der Waals surface area (Å²) >= 11 is 0. The topological polar surface area (TPSA) is 191 Å². The van der Waals surface area contributed by atoms with Crippen molar-refractivity contribution >= 4 is 34.8 Å². The number of hydrogen-bond donors (Lipinski definition) is 6. The minimum absolute atomic E-state index is 0.0140. The number of carbonyl (C=O) groups excluding carboxylic acids is 1. The summed E-state index contributed by atoms with van der Waals surface area (Å²) < 4.78 is 14.5. The van der Waals surface area contributed by atoms with Crippen LogP contribution in [0.4, 0.5) is 10.3 Å². The van der Waals surface area contributed by atoms with Crippen molar-refractivity contribution in [2.75, 3.05) is 5.73 Å². The fourth-order valence-electron chi connectivity index (χ4n) is 3.26. The number of fused-ring (bicyclic) bond motifs is 1. The van der Waals surface area contributed by atoms with Crippen LogP contribution >= 0.6 is 0 Å². The first-order valence-electron chi connectivity index (χ1n) is 9.55. The molecule has 3 rings (SSSR count). The van der Waals surface area contributed by atoms with E-state index in [2.05, 4.69) is 20.3 Å². The molecule has 0 saturated heterocycles. The Bertz CT molecular complexity index is 1250. The van der Waals surface area contributed by atoms with Crippen LogP contribution in [0.1, 0.15) is 34.3 Å². The summed E-state index contributed by atoms with van der Waals surface area (Å²) in [4.78, 5) is 55.5. The fourth-order valence-corrected chi connectivity index (χ4v) is 3.26. The van der Waals surface area contributed by atoms with Crippen molar-refractivity contribution in [1.82, 2.24) is 20.3 Å². The van der Waals surface area contributed by atoms with Crippen molar-refractivity contribution in [2.24, 2.45) is 0 Å². The molecule has 168 valence electrons. The number of H-pyrrole nitrogens is 2. The molecule has 0 bridgehead atoms. The second-order valence-corrected chi connectivity index (χ2v) is 7.10. The lowest BCUT2D eigenvalue weighted by atomic mass is 10.0. The van der Waals surface area contributed by atoms with Gasteiger partial charge in [0.2, 0.25) is 5.95 Å². The van der Waals surface area contributed by atoms with E-state index in [1.165, 1.54) is 12.1 Å². The van der Waals surface area contributed by atoms with Gasteiger partial charge in [-0.25, -0.2) is 9.18 Å². The number of aryl methyl sites for hydroxylation is 2. The number of nitrogens with two attached hydrogens (primary N) is 1. The Morgan fingerprint density at radius 3 is 2.62 bits per heavy atom. The number of carboxylic acids is 2. The first-order chi connectivity index (χ1) is 15.2. The van der Waals surface area contributed by atoms with Crippen LogP contribution in [-0.2, 0) is 22.4 Å². The fraction of sp³-hybridized carbons (Fsp3) is 0.250. The molecule has 0 aliphatic rings. The van der Waals surface area contributed by atoms with Crippen molar-refractivity contribution < 1.29 is 29.0 Å². The molecule has 0 unspecified atom stereocenters. The van der Waals surface area contributed by atoms with Crippen molar-refractivity contribution in [3.05, 3.63) is 57.3 Å². The number of aromatic amines is 2. The number of aliphatic carboxylic acids is 2. The van der Waals surface area contributed by atoms with E-state index in [0.29, 0.717) is 35.0 Å². The van der Waals surface area contributed by atoms with Crippen molar-refractivity contribution in [3.63, 3.8) is 0 Å². The molecule has 0 aliphatic carbocycles. The van der Waals surface area contributed by atoms with E-state index < -0.39 is 41.7 Å². The standard InChI is InChI=1S/C20H20FN5O6/c21-12-7-9(1-3-10-8-23-16-15(10)18(30)26-20(22)25-16)2-4-11(12)17(29)24-13(19(31)32)5-6-14(27)28/h2,4,7-8,13H,1,3,5-6H2,(H,24,29)(H,27,28)(H,31,32)(H4,22,23,25,26,30)/t13-/m0/s1. The molecule has 2 aromatic heterocycles. The molecule has 11 nitrogen and oxygen atoms in total. The van der Waals surface area contributed by atoms with E-state index in [-0.39, 0.29) is 17.9 Å². The van der Waals surface area contributed by atoms with Gasteiger partial charge >= 0.3 is 11.9 Å². The summed E-state index contributed by atoms with van der Waals surface area (Å²) in [5, 5.41) is 20.3. The third-order valence-electron chi connectivity index (χ3n) is 4.85. The van der Waals surface area contributed by atoms with E-state index in [4.69, 9.17) is 15.9 Å². The number of nitrogen functional groups attached to an aromatic ring is 1. The van der Waals surface area contributed by atoms with Crippen LogP contribution in [0.2, 0.25) is 0 Å². The van der Waals surface area contributed by atoms with E-state index in [1.54, 1.807) is 6.20 Å². The molecule has 0 radical (unpaired) electrons. The molecule has 0 aliphatic heterocycles. The minimum Gasteiger partial charge on any atom is -0.481 e. The molecule has 0 fully saturated rings. The highest BCUT2D eigenvalue weighted by atomic mass is 19.1. The van der Waals surface area contributed by atoms with Crippen LogP contribution in [-0.4, -0.2) is 49.1 Å². The molecular weight excluding hydrogens is 425 g/mol. The van der Waals surface area contributed by atoms with Crippen molar-refractivity contribution in [3.8, 4) is 0 Å². The molecule has 0 spiro atoms. The third-order valence-corrected chi connectivity index (χ3v) is 4.85. The molecule has 1 amide bonds. The number of amides is 1. The number of carbonyl (C=O) groups is 3. The molecule has 1 atom stereocenters. The predicted molar refractivity (Wildman–Crippen MR) is 111 cm³/mol. The Morgan fingerprint density at radius 1 is 1.22 bits per heavy atom. The van der Waals surface area contributed by atoms with Gasteiger partial charge in [0.05, 0.1) is 10.9 Å². The minimum atomic E-state index is -1.46. The van der Waals surface area contributed by atoms with E-state index in [9.17, 15) is 23.6 Å². The maximum absolute atomic E-state index is 14.5. The molecule has 7 N–H and O–H groups in total. The highest BCUT2D eigenvalue weighted by molar-refractivity contribution is 5.97. The average molecular weight is 445 g/mol. The SMILES string of the molecule is Nc1nc2[nH]cc(CCc3ccc(C(=O)N[C@@H](CCC(=O)O)C(=O)O)c(F)c3)c2c(=O)[nH]1. The summed E-state index contributed by atoms with van der Waals surface area (Å²) in [6.45, 7) is 0. The van der Waals surface area contributed by atoms with E-state index in [1.807, 2.05) is 0 Å². The lowest BCUT2D eigenvalue weighted by molar-refractivity contribution is -0.140. The summed E-state index contributed by atoms with van der Waals surface area (Å²) in [6, 6.07) is 2.43. The predicted octanol–water partition coefficient (Wildman–Crippen LogP) is 0.805. The zero-order chi connectivity index (χ0) is 23.4. The van der Waals surface area contributed by atoms with Crippen LogP contribution in [0.5, 0.6) is 0 Å². The largest absolute Gasteiger partial charge is 0.481 e. The lowest BCUT2D eigenvalue weighted by Gasteiger charge is -2.14. The zero-order valence-electron chi connectivity index (χ0n) is 16.6. The number of hydrogen-bond acceptors (Lipinski definition) is 6. The van der Waals surface area contributed by atoms with Gasteiger partial charge in [-0.3, -0.25) is 19.4 Å². The van der Waals surface area contributed by atoms with Crippen molar-refractivity contribution in [2.45, 2.75) is 31.7 Å². The summed E-state index contributed by atoms with van der Waals surface area (Å²) in [5.74, 6) is -4.45. The van der Waals surface area contributed by atoms with Gasteiger partial charge in [-0.1, -0.05) is 6.07 Å². The first kappa shape index (κ1) is 22.5. The Hall–Kier alpha value is -4.22. The van der Waals surface area contributed by atoms with Crippen LogP contribution in [0.15, 0.2) is 29.2 Å². The number of anilines is 1. The Balaban J connectivity index is 1.70. The maximum Gasteiger partial charge on any atom is 0.326 e. The van der Waals surface area contributed by atoms with Gasteiger partial charge in [-0.05, 0) is 42.5 Å². The summed E-state index contributed by atoms with van der Waals surface area (Å²) in [6.07, 6.45) is 1.56. The van der Waals surface area contributed by atoms with Gasteiger partial charge in [0.1, 0.15) is 17.5 Å². The monoisotopic (exact) mass is 445 g/mol. The van der Waals surface area contributed by atoms with E-state index in [0.717, 1.165) is 6.07 Å². The number of aromatic nitrogens is 3. The van der Waals surface area contributed by atoms with Gasteiger partial charge in [0.25, 0.3) is 11.5 Å². The summed E-state index contributed by atoms with van der Waals surface area (Å²) in [7, 11) is 0.